The van der Waals surface area contributed by atoms with Gasteiger partial charge in [-0.1, -0.05) is 30.3 Å². The Morgan fingerprint density at radius 1 is 1.27 bits per heavy atom. The second-order valence-corrected chi connectivity index (χ2v) is 5.13. The largest absolute Gasteiger partial charge is 0.351 e. The van der Waals surface area contributed by atoms with Crippen LogP contribution >= 0.6 is 0 Å². The minimum atomic E-state index is -1.26. The summed E-state index contributed by atoms with van der Waals surface area (Å²) in [5, 5.41) is 4.43. The van der Waals surface area contributed by atoms with Gasteiger partial charge >= 0.3 is 12.1 Å². The molecule has 0 spiro atoms. The molecule has 1 aromatic carbocycles. The van der Waals surface area contributed by atoms with Gasteiger partial charge in [0.2, 0.25) is 0 Å². The minimum absolute atomic E-state index is 0.573. The maximum absolute atomic E-state index is 12.6. The monoisotopic (exact) mass is 304 g/mol. The Balaban J connectivity index is 2.29. The molecule has 1 heterocycles. The summed E-state index contributed by atoms with van der Waals surface area (Å²) in [6, 6.07) is 5.77. The average Bonchev–Trinajstić information content (AvgIpc) is 2.69. The van der Waals surface area contributed by atoms with Crippen LogP contribution in [-0.4, -0.2) is 34.8 Å². The number of nitrogens with zero attached hydrogens (tertiary/aromatic N) is 1. The van der Waals surface area contributed by atoms with Gasteiger partial charge in [-0.25, -0.2) is 14.5 Å². The molecule has 8 heteroatoms. The van der Waals surface area contributed by atoms with Crippen LogP contribution in [0.1, 0.15) is 19.4 Å². The Kier molecular flexibility index (Phi) is 3.85. The number of carbonyl (C=O) groups excluding carboxylic acids is 4. The highest BCUT2D eigenvalue weighted by Gasteiger charge is 2.51. The van der Waals surface area contributed by atoms with E-state index in [4.69, 9.17) is 5.73 Å². The van der Waals surface area contributed by atoms with E-state index < -0.39 is 35.5 Å². The van der Waals surface area contributed by atoms with Crippen LogP contribution in [0.4, 0.5) is 9.59 Å². The maximum atomic E-state index is 12.6. The summed E-state index contributed by atoms with van der Waals surface area (Å²) < 4.78 is 0. The van der Waals surface area contributed by atoms with Crippen LogP contribution in [0.2, 0.25) is 0 Å². The predicted octanol–water partition coefficient (Wildman–Crippen LogP) is 0.0370. The molecule has 1 aromatic rings. The van der Waals surface area contributed by atoms with Gasteiger partial charge in [0.15, 0.2) is 0 Å². The van der Waals surface area contributed by atoms with E-state index >= 15 is 0 Å². The van der Waals surface area contributed by atoms with Gasteiger partial charge in [0.05, 0.1) is 0 Å². The Hall–Kier alpha value is -2.90. The number of rotatable bonds is 3. The molecule has 2 rings (SSSR count). The number of urea groups is 2. The van der Waals surface area contributed by atoms with E-state index in [1.54, 1.807) is 37.3 Å². The van der Waals surface area contributed by atoms with Gasteiger partial charge in [-0.05, 0) is 19.4 Å². The average molecular weight is 304 g/mol. The lowest BCUT2D eigenvalue weighted by molar-refractivity contribution is -0.137. The van der Waals surface area contributed by atoms with Crippen LogP contribution in [0.15, 0.2) is 30.3 Å². The van der Waals surface area contributed by atoms with E-state index in [0.717, 1.165) is 4.90 Å². The number of benzene rings is 1. The van der Waals surface area contributed by atoms with Crippen LogP contribution in [0.5, 0.6) is 0 Å². The first-order chi connectivity index (χ1) is 10.3. The third-order valence-corrected chi connectivity index (χ3v) is 3.59. The van der Waals surface area contributed by atoms with Crippen molar-refractivity contribution in [1.29, 1.82) is 0 Å². The Morgan fingerprint density at radius 2 is 1.86 bits per heavy atom. The van der Waals surface area contributed by atoms with Crippen molar-refractivity contribution in [2.24, 2.45) is 5.73 Å². The zero-order valence-electron chi connectivity index (χ0n) is 12.1. The number of carbonyl (C=O) groups is 4. The summed E-state index contributed by atoms with van der Waals surface area (Å²) >= 11 is 0. The van der Waals surface area contributed by atoms with E-state index in [1.165, 1.54) is 6.92 Å². The van der Waals surface area contributed by atoms with E-state index in [9.17, 15) is 19.2 Å². The van der Waals surface area contributed by atoms with E-state index in [0.29, 0.717) is 5.56 Å². The predicted molar refractivity (Wildman–Crippen MR) is 76.4 cm³/mol. The van der Waals surface area contributed by atoms with Gasteiger partial charge < -0.3 is 11.1 Å². The van der Waals surface area contributed by atoms with Crippen LogP contribution in [0.25, 0.3) is 0 Å². The molecule has 0 aliphatic carbocycles. The molecule has 1 fully saturated rings. The highest BCUT2D eigenvalue weighted by molar-refractivity contribution is 6.11. The molecule has 0 saturated carbocycles. The molecule has 8 nitrogen and oxygen atoms in total. The van der Waals surface area contributed by atoms with Crippen molar-refractivity contribution in [2.75, 3.05) is 0 Å². The van der Waals surface area contributed by atoms with Gasteiger partial charge in [-0.2, -0.15) is 0 Å². The molecule has 4 N–H and O–H groups in total. The van der Waals surface area contributed by atoms with Crippen molar-refractivity contribution in [2.45, 2.75) is 25.4 Å². The van der Waals surface area contributed by atoms with Gasteiger partial charge in [0, 0.05) is 0 Å². The smallest absolute Gasteiger partial charge is 0.326 e. The molecule has 0 aromatic heterocycles. The molecule has 0 bridgehead atoms. The quantitative estimate of drug-likeness (QED) is 0.682. The zero-order chi connectivity index (χ0) is 16.5. The molecule has 2 atom stereocenters. The molecule has 116 valence electrons. The van der Waals surface area contributed by atoms with Gasteiger partial charge in [-0.3, -0.25) is 14.9 Å². The van der Waals surface area contributed by atoms with E-state index in [-0.39, 0.29) is 0 Å². The number of nitrogens with one attached hydrogen (secondary N) is 2. The number of amides is 6. The minimum Gasteiger partial charge on any atom is -0.351 e. The topological polar surface area (TPSA) is 122 Å². The molecule has 1 saturated heterocycles. The molecule has 0 unspecified atom stereocenters. The first kappa shape index (κ1) is 15.5. The number of imide groups is 2. The summed E-state index contributed by atoms with van der Waals surface area (Å²) in [6.07, 6.45) is 0. The van der Waals surface area contributed by atoms with Crippen LogP contribution < -0.4 is 16.4 Å². The van der Waals surface area contributed by atoms with Crippen molar-refractivity contribution >= 4 is 23.9 Å². The van der Waals surface area contributed by atoms with Crippen LogP contribution in [0, 0.1) is 0 Å². The van der Waals surface area contributed by atoms with Crippen LogP contribution in [0.3, 0.4) is 0 Å². The Bertz CT molecular complexity index is 646. The molecular weight excluding hydrogens is 288 g/mol. The van der Waals surface area contributed by atoms with Crippen molar-refractivity contribution in [3.05, 3.63) is 35.9 Å². The molecule has 6 amide bonds. The lowest BCUT2D eigenvalue weighted by Crippen LogP contribution is -2.51. The summed E-state index contributed by atoms with van der Waals surface area (Å²) in [7, 11) is 0. The summed E-state index contributed by atoms with van der Waals surface area (Å²) in [5.41, 5.74) is 4.20. The lowest BCUT2D eigenvalue weighted by atomic mass is 9.92. The summed E-state index contributed by atoms with van der Waals surface area (Å²) in [5.74, 6) is -1.40. The van der Waals surface area contributed by atoms with Gasteiger partial charge in [-0.15, -0.1) is 0 Å². The zero-order valence-corrected chi connectivity index (χ0v) is 12.1. The molecule has 1 aliphatic heterocycles. The Labute approximate surface area is 126 Å². The second kappa shape index (κ2) is 5.47. The lowest BCUT2D eigenvalue weighted by Gasteiger charge is -2.24. The van der Waals surface area contributed by atoms with Crippen molar-refractivity contribution in [1.82, 2.24) is 15.5 Å². The summed E-state index contributed by atoms with van der Waals surface area (Å²) in [4.78, 5) is 48.0. The van der Waals surface area contributed by atoms with Gasteiger partial charge in [0.25, 0.3) is 11.8 Å². The van der Waals surface area contributed by atoms with Crippen LogP contribution in [-0.2, 0) is 15.1 Å². The second-order valence-electron chi connectivity index (χ2n) is 5.13. The summed E-state index contributed by atoms with van der Waals surface area (Å²) in [6.45, 7) is 2.90. The third kappa shape index (κ3) is 2.50. The van der Waals surface area contributed by atoms with Gasteiger partial charge in [0.1, 0.15) is 11.6 Å². The van der Waals surface area contributed by atoms with E-state index in [1.807, 2.05) is 5.32 Å². The first-order valence-corrected chi connectivity index (χ1v) is 6.59. The maximum Gasteiger partial charge on any atom is 0.326 e. The SMILES string of the molecule is C[C@H](C(=O)NC(N)=O)N1C(=O)N[C@@](C)(c2ccccc2)C1=O. The standard InChI is InChI=1S/C14H16N4O4/c1-8(10(19)16-12(15)21)18-11(20)14(2,17-13(18)22)9-6-4-3-5-7-9/h3-8H,1-2H3,(H,17,22)(H3,15,16,19,21)/t8-,14+/m1/s1. The highest BCUT2D eigenvalue weighted by Crippen LogP contribution is 2.29. The number of hydrogen-bond acceptors (Lipinski definition) is 4. The molecule has 1 aliphatic rings. The number of primary amides is 1. The highest BCUT2D eigenvalue weighted by atomic mass is 16.2. The number of nitrogens with two attached hydrogens (primary N) is 1. The van der Waals surface area contributed by atoms with E-state index in [2.05, 4.69) is 5.32 Å². The number of hydrogen-bond donors (Lipinski definition) is 3. The fraction of sp³-hybridized carbons (Fsp3) is 0.286. The third-order valence-electron chi connectivity index (χ3n) is 3.59. The van der Waals surface area contributed by atoms with Crippen molar-refractivity contribution in [3.8, 4) is 0 Å². The molecule has 22 heavy (non-hydrogen) atoms. The van der Waals surface area contributed by atoms with Crippen molar-refractivity contribution < 1.29 is 19.2 Å². The fourth-order valence-electron chi connectivity index (χ4n) is 2.32. The normalized spacial score (nSPS) is 22.2. The fourth-order valence-corrected chi connectivity index (χ4v) is 2.32. The van der Waals surface area contributed by atoms with Crippen molar-refractivity contribution in [3.63, 3.8) is 0 Å². The first-order valence-electron chi connectivity index (χ1n) is 6.59. The molecular formula is C14H16N4O4. The molecule has 0 radical (unpaired) electrons. The Morgan fingerprint density at radius 3 is 2.41 bits per heavy atom.